The maximum absolute atomic E-state index is 13.9. The van der Waals surface area contributed by atoms with E-state index < -0.39 is 17.8 Å². The zero-order valence-corrected chi connectivity index (χ0v) is 22.1. The second kappa shape index (κ2) is 11.6. The number of likely N-dealkylation sites (tertiary alicyclic amines) is 1. The summed E-state index contributed by atoms with van der Waals surface area (Å²) in [6.07, 6.45) is 2.54. The van der Waals surface area contributed by atoms with E-state index in [4.69, 9.17) is 0 Å². The Hall–Kier alpha value is -3.96. The van der Waals surface area contributed by atoms with Crippen molar-refractivity contribution >= 4 is 28.3 Å². The first-order chi connectivity index (χ1) is 19.2. The van der Waals surface area contributed by atoms with Crippen LogP contribution < -0.4 is 10.6 Å². The molecule has 0 spiro atoms. The number of pyridine rings is 1. The normalized spacial score (nSPS) is 14.9. The van der Waals surface area contributed by atoms with Crippen LogP contribution in [-0.2, 0) is 19.3 Å². The standard InChI is InChI=1S/C29H31F3N6O2/c1-19-8-10-37(11-9-19)18-21-4-7-23(14-26(21)29(30,31)32)36-28(40)35-22-5-2-20(3-6-22)24-15-33-17-27-25(24)16-34-38(27)12-13-39/h2-7,14-17,19,39H,8-13,18H2,1H3,(H2,35,36,40). The second-order valence-electron chi connectivity index (χ2n) is 10.2. The first-order valence-electron chi connectivity index (χ1n) is 13.2. The molecule has 2 aromatic carbocycles. The predicted molar refractivity (Wildman–Crippen MR) is 148 cm³/mol. The topological polar surface area (TPSA) is 95.3 Å². The summed E-state index contributed by atoms with van der Waals surface area (Å²) in [5.74, 6) is 0.591. The number of hydrogen-bond donors (Lipinski definition) is 3. The van der Waals surface area contributed by atoms with Crippen molar-refractivity contribution in [1.82, 2.24) is 19.7 Å². The number of carbonyl (C=O) groups excluding carboxylic acids is 1. The molecule has 40 heavy (non-hydrogen) atoms. The van der Waals surface area contributed by atoms with Gasteiger partial charge < -0.3 is 15.7 Å². The first kappa shape index (κ1) is 27.6. The van der Waals surface area contributed by atoms with Crippen LogP contribution in [0, 0.1) is 5.92 Å². The molecule has 0 saturated carbocycles. The third kappa shape index (κ3) is 6.26. The summed E-state index contributed by atoms with van der Waals surface area (Å²) >= 11 is 0. The Morgan fingerprint density at radius 1 is 1.02 bits per heavy atom. The van der Waals surface area contributed by atoms with E-state index in [1.807, 2.05) is 17.0 Å². The fourth-order valence-corrected chi connectivity index (χ4v) is 5.04. The highest BCUT2D eigenvalue weighted by Gasteiger charge is 2.34. The average Bonchev–Trinajstić information content (AvgIpc) is 3.34. The van der Waals surface area contributed by atoms with Crippen molar-refractivity contribution in [1.29, 1.82) is 0 Å². The number of nitrogens with one attached hydrogen (secondary N) is 2. The highest BCUT2D eigenvalue weighted by molar-refractivity contribution is 6.00. The lowest BCUT2D eigenvalue weighted by molar-refractivity contribution is -0.138. The van der Waals surface area contributed by atoms with Gasteiger partial charge in [-0.3, -0.25) is 14.6 Å². The number of carbonyl (C=O) groups is 1. The third-order valence-corrected chi connectivity index (χ3v) is 7.28. The quantitative estimate of drug-likeness (QED) is 0.262. The lowest BCUT2D eigenvalue weighted by Gasteiger charge is -2.31. The van der Waals surface area contributed by atoms with Gasteiger partial charge in [0.15, 0.2) is 0 Å². The Balaban J connectivity index is 1.26. The number of aliphatic hydroxyl groups excluding tert-OH is 1. The Morgan fingerprint density at radius 3 is 2.42 bits per heavy atom. The number of piperidine rings is 1. The van der Waals surface area contributed by atoms with E-state index in [0.717, 1.165) is 54.0 Å². The summed E-state index contributed by atoms with van der Waals surface area (Å²) in [4.78, 5) is 18.9. The van der Waals surface area contributed by atoms with Gasteiger partial charge in [0, 0.05) is 35.1 Å². The number of aliphatic hydroxyl groups is 1. The van der Waals surface area contributed by atoms with Crippen molar-refractivity contribution in [2.75, 3.05) is 30.3 Å². The van der Waals surface area contributed by atoms with E-state index in [0.29, 0.717) is 18.2 Å². The van der Waals surface area contributed by atoms with Crippen molar-refractivity contribution in [3.8, 4) is 11.1 Å². The SMILES string of the molecule is CC1CCN(Cc2ccc(NC(=O)Nc3ccc(-c4cncc5c4cnn5CCO)cc3)cc2C(F)(F)F)CC1. The number of nitrogens with zero attached hydrogens (tertiary/aromatic N) is 4. The highest BCUT2D eigenvalue weighted by Crippen LogP contribution is 2.35. The van der Waals surface area contributed by atoms with Crippen LogP contribution >= 0.6 is 0 Å². The molecule has 4 aromatic rings. The van der Waals surface area contributed by atoms with Crippen LogP contribution in [0.4, 0.5) is 29.3 Å². The fraction of sp³-hybridized carbons (Fsp3) is 0.345. The van der Waals surface area contributed by atoms with Gasteiger partial charge in [0.25, 0.3) is 0 Å². The molecule has 0 unspecified atom stereocenters. The molecule has 0 atom stereocenters. The van der Waals surface area contributed by atoms with Gasteiger partial charge in [-0.15, -0.1) is 0 Å². The number of halogens is 3. The summed E-state index contributed by atoms with van der Waals surface area (Å²) < 4.78 is 43.3. The molecule has 3 N–H and O–H groups in total. The van der Waals surface area contributed by atoms with Gasteiger partial charge in [-0.1, -0.05) is 25.1 Å². The molecule has 1 saturated heterocycles. The molecule has 11 heteroatoms. The van der Waals surface area contributed by atoms with E-state index in [1.165, 1.54) is 12.1 Å². The van der Waals surface area contributed by atoms with Crippen molar-refractivity contribution in [2.45, 2.75) is 39.0 Å². The molecule has 0 aliphatic carbocycles. The Bertz CT molecular complexity index is 1480. The fourth-order valence-electron chi connectivity index (χ4n) is 5.04. The molecule has 1 aliphatic rings. The van der Waals surface area contributed by atoms with Crippen LogP contribution in [0.1, 0.15) is 30.9 Å². The summed E-state index contributed by atoms with van der Waals surface area (Å²) in [6.45, 7) is 4.26. The van der Waals surface area contributed by atoms with Gasteiger partial charge in [-0.25, -0.2) is 4.79 Å². The highest BCUT2D eigenvalue weighted by atomic mass is 19.4. The van der Waals surface area contributed by atoms with Gasteiger partial charge in [0.1, 0.15) is 0 Å². The van der Waals surface area contributed by atoms with Crippen molar-refractivity contribution in [3.63, 3.8) is 0 Å². The molecule has 8 nitrogen and oxygen atoms in total. The summed E-state index contributed by atoms with van der Waals surface area (Å²) in [5.41, 5.74) is 2.49. The zero-order chi connectivity index (χ0) is 28.3. The minimum Gasteiger partial charge on any atom is -0.394 e. The Labute approximate surface area is 229 Å². The molecule has 1 fully saturated rings. The van der Waals surface area contributed by atoms with Crippen LogP contribution in [0.3, 0.4) is 0 Å². The first-order valence-corrected chi connectivity index (χ1v) is 13.2. The van der Waals surface area contributed by atoms with Crippen LogP contribution in [0.25, 0.3) is 22.0 Å². The van der Waals surface area contributed by atoms with Crippen LogP contribution in [0.5, 0.6) is 0 Å². The molecule has 2 amide bonds. The molecule has 3 heterocycles. The van der Waals surface area contributed by atoms with Gasteiger partial charge in [-0.05, 0) is 67.2 Å². The van der Waals surface area contributed by atoms with Gasteiger partial charge in [-0.2, -0.15) is 18.3 Å². The van der Waals surface area contributed by atoms with E-state index in [9.17, 15) is 23.1 Å². The number of fused-ring (bicyclic) bond motifs is 1. The molecular formula is C29H31F3N6O2. The number of hydrogen-bond acceptors (Lipinski definition) is 5. The summed E-state index contributed by atoms with van der Waals surface area (Å²) in [7, 11) is 0. The zero-order valence-electron chi connectivity index (χ0n) is 22.1. The summed E-state index contributed by atoms with van der Waals surface area (Å²) in [6, 6.07) is 10.3. The molecule has 2 aromatic heterocycles. The minimum absolute atomic E-state index is 0.0386. The number of alkyl halides is 3. The molecule has 1 aliphatic heterocycles. The molecular weight excluding hydrogens is 521 g/mol. The second-order valence-corrected chi connectivity index (χ2v) is 10.2. The molecule has 0 bridgehead atoms. The maximum atomic E-state index is 13.9. The van der Waals surface area contributed by atoms with Crippen LogP contribution in [-0.4, -0.2) is 50.5 Å². The number of anilines is 2. The van der Waals surface area contributed by atoms with E-state index in [1.54, 1.807) is 35.4 Å². The van der Waals surface area contributed by atoms with E-state index in [2.05, 4.69) is 27.6 Å². The van der Waals surface area contributed by atoms with Gasteiger partial charge in [0.2, 0.25) is 0 Å². The number of amides is 2. The number of urea groups is 1. The van der Waals surface area contributed by atoms with Gasteiger partial charge in [0.05, 0.1) is 36.6 Å². The van der Waals surface area contributed by atoms with Crippen molar-refractivity contribution in [3.05, 3.63) is 72.2 Å². The monoisotopic (exact) mass is 552 g/mol. The van der Waals surface area contributed by atoms with Crippen molar-refractivity contribution in [2.24, 2.45) is 5.92 Å². The Kier molecular flexibility index (Phi) is 8.04. The predicted octanol–water partition coefficient (Wildman–Crippen LogP) is 5.99. The average molecular weight is 553 g/mol. The third-order valence-electron chi connectivity index (χ3n) is 7.28. The van der Waals surface area contributed by atoms with Crippen LogP contribution in [0.2, 0.25) is 0 Å². The van der Waals surface area contributed by atoms with Crippen molar-refractivity contribution < 1.29 is 23.1 Å². The molecule has 0 radical (unpaired) electrons. The number of rotatable bonds is 7. The van der Waals surface area contributed by atoms with E-state index >= 15 is 0 Å². The lowest BCUT2D eigenvalue weighted by Crippen LogP contribution is -2.33. The van der Waals surface area contributed by atoms with Crippen LogP contribution in [0.15, 0.2) is 61.1 Å². The summed E-state index contributed by atoms with van der Waals surface area (Å²) in [5, 5.41) is 19.6. The minimum atomic E-state index is -4.53. The lowest BCUT2D eigenvalue weighted by atomic mass is 9.98. The Morgan fingerprint density at radius 2 is 1.73 bits per heavy atom. The molecule has 210 valence electrons. The smallest absolute Gasteiger partial charge is 0.394 e. The van der Waals surface area contributed by atoms with E-state index in [-0.39, 0.29) is 24.4 Å². The largest absolute Gasteiger partial charge is 0.416 e. The number of benzene rings is 2. The maximum Gasteiger partial charge on any atom is 0.416 e. The molecule has 5 rings (SSSR count). The number of aromatic nitrogens is 3. The van der Waals surface area contributed by atoms with Gasteiger partial charge >= 0.3 is 12.2 Å².